The summed E-state index contributed by atoms with van der Waals surface area (Å²) in [5.74, 6) is -0.148. The van der Waals surface area contributed by atoms with Gasteiger partial charge in [0.25, 0.3) is 5.91 Å². The summed E-state index contributed by atoms with van der Waals surface area (Å²) >= 11 is 0. The summed E-state index contributed by atoms with van der Waals surface area (Å²) in [7, 11) is -1.80. The molecule has 3 rings (SSSR count). The highest BCUT2D eigenvalue weighted by molar-refractivity contribution is 7.89. The summed E-state index contributed by atoms with van der Waals surface area (Å²) in [4.78, 5) is 12.0. The van der Waals surface area contributed by atoms with Gasteiger partial charge in [-0.05, 0) is 48.2 Å². The molecule has 0 aliphatic carbocycles. The van der Waals surface area contributed by atoms with Gasteiger partial charge in [-0.15, -0.1) is 0 Å². The number of nitrogens with one attached hydrogen (secondary N) is 1. The van der Waals surface area contributed by atoms with E-state index in [9.17, 15) is 13.2 Å². The Bertz CT molecular complexity index is 839. The van der Waals surface area contributed by atoms with Crippen LogP contribution in [0.25, 0.3) is 11.1 Å². The maximum Gasteiger partial charge on any atom is 0.251 e. The molecule has 1 saturated heterocycles. The van der Waals surface area contributed by atoms with Gasteiger partial charge in [0.1, 0.15) is 0 Å². The minimum atomic E-state index is -3.39. The standard InChI is InChI=1S/C18H20N2O3S/c1-19-18(21)16-6-4-5-15(13-16)14-7-9-17(10-8-14)24(22,23)20-11-2-3-12-20/h4-10,13H,2-3,11-12H2,1H3,(H,19,21). The first-order valence-electron chi connectivity index (χ1n) is 7.95. The van der Waals surface area contributed by atoms with Crippen molar-refractivity contribution in [2.24, 2.45) is 0 Å². The predicted octanol–water partition coefficient (Wildman–Crippen LogP) is 2.50. The van der Waals surface area contributed by atoms with Crippen LogP contribution in [0.1, 0.15) is 23.2 Å². The maximum atomic E-state index is 12.5. The van der Waals surface area contributed by atoms with Gasteiger partial charge in [-0.3, -0.25) is 4.79 Å². The van der Waals surface area contributed by atoms with Gasteiger partial charge in [-0.2, -0.15) is 4.31 Å². The van der Waals surface area contributed by atoms with Gasteiger partial charge >= 0.3 is 0 Å². The molecule has 2 aromatic carbocycles. The molecule has 1 aliphatic rings. The van der Waals surface area contributed by atoms with Crippen molar-refractivity contribution in [3.63, 3.8) is 0 Å². The van der Waals surface area contributed by atoms with E-state index in [1.807, 2.05) is 12.1 Å². The number of rotatable bonds is 4. The van der Waals surface area contributed by atoms with Gasteiger partial charge in [-0.1, -0.05) is 24.3 Å². The van der Waals surface area contributed by atoms with E-state index in [0.29, 0.717) is 23.5 Å². The van der Waals surface area contributed by atoms with Crippen molar-refractivity contribution in [1.82, 2.24) is 9.62 Å². The van der Waals surface area contributed by atoms with Crippen LogP contribution in [0.2, 0.25) is 0 Å². The summed E-state index contributed by atoms with van der Waals surface area (Å²) in [5.41, 5.74) is 2.33. The van der Waals surface area contributed by atoms with Crippen LogP contribution < -0.4 is 5.32 Å². The molecule has 2 aromatic rings. The van der Waals surface area contributed by atoms with Crippen molar-refractivity contribution in [2.45, 2.75) is 17.7 Å². The second kappa shape index (κ2) is 6.75. The molecule has 0 unspecified atom stereocenters. The molecular formula is C18H20N2O3S. The van der Waals surface area contributed by atoms with Crippen LogP contribution in [-0.4, -0.2) is 38.8 Å². The first-order valence-corrected chi connectivity index (χ1v) is 9.39. The fraction of sp³-hybridized carbons (Fsp3) is 0.278. The Balaban J connectivity index is 1.88. The molecule has 0 aromatic heterocycles. The Hall–Kier alpha value is -2.18. The Kier molecular flexibility index (Phi) is 4.69. The first kappa shape index (κ1) is 16.7. The van der Waals surface area contributed by atoms with Crippen LogP contribution in [0.15, 0.2) is 53.4 Å². The van der Waals surface area contributed by atoms with Crippen molar-refractivity contribution in [3.8, 4) is 11.1 Å². The Morgan fingerprint density at radius 3 is 2.29 bits per heavy atom. The van der Waals surface area contributed by atoms with E-state index in [4.69, 9.17) is 0 Å². The summed E-state index contributed by atoms with van der Waals surface area (Å²) in [6.07, 6.45) is 1.84. The summed E-state index contributed by atoms with van der Waals surface area (Å²) < 4.78 is 26.6. The van der Waals surface area contributed by atoms with Crippen molar-refractivity contribution < 1.29 is 13.2 Å². The molecule has 0 atom stereocenters. The number of amides is 1. The van der Waals surface area contributed by atoms with Crippen molar-refractivity contribution in [3.05, 3.63) is 54.1 Å². The molecule has 1 amide bonds. The smallest absolute Gasteiger partial charge is 0.251 e. The third-order valence-corrected chi connectivity index (χ3v) is 6.16. The molecule has 0 spiro atoms. The lowest BCUT2D eigenvalue weighted by Gasteiger charge is -2.15. The minimum Gasteiger partial charge on any atom is -0.355 e. The molecule has 0 radical (unpaired) electrons. The zero-order chi connectivity index (χ0) is 17.2. The van der Waals surface area contributed by atoms with E-state index in [0.717, 1.165) is 24.0 Å². The average molecular weight is 344 g/mol. The highest BCUT2D eigenvalue weighted by Crippen LogP contribution is 2.25. The molecule has 5 nitrogen and oxygen atoms in total. The predicted molar refractivity (Wildman–Crippen MR) is 93.3 cm³/mol. The Morgan fingerprint density at radius 2 is 1.67 bits per heavy atom. The first-order chi connectivity index (χ1) is 11.5. The van der Waals surface area contributed by atoms with Gasteiger partial charge in [0.2, 0.25) is 10.0 Å². The second-order valence-corrected chi connectivity index (χ2v) is 7.73. The summed E-state index contributed by atoms with van der Waals surface area (Å²) in [6.45, 7) is 1.19. The van der Waals surface area contributed by atoms with E-state index in [1.54, 1.807) is 43.4 Å². The molecule has 1 N–H and O–H groups in total. The third-order valence-electron chi connectivity index (χ3n) is 4.24. The topological polar surface area (TPSA) is 66.5 Å². The molecular weight excluding hydrogens is 324 g/mol. The average Bonchev–Trinajstić information content (AvgIpc) is 3.17. The van der Waals surface area contributed by atoms with E-state index in [2.05, 4.69) is 5.32 Å². The van der Waals surface area contributed by atoms with Crippen LogP contribution >= 0.6 is 0 Å². The van der Waals surface area contributed by atoms with E-state index in [1.165, 1.54) is 4.31 Å². The molecule has 6 heteroatoms. The van der Waals surface area contributed by atoms with Gasteiger partial charge in [0, 0.05) is 25.7 Å². The van der Waals surface area contributed by atoms with Crippen LogP contribution in [0.4, 0.5) is 0 Å². The molecule has 1 heterocycles. The molecule has 126 valence electrons. The number of benzene rings is 2. The van der Waals surface area contributed by atoms with Gasteiger partial charge < -0.3 is 5.32 Å². The van der Waals surface area contributed by atoms with Crippen LogP contribution in [-0.2, 0) is 10.0 Å². The Morgan fingerprint density at radius 1 is 1.00 bits per heavy atom. The largest absolute Gasteiger partial charge is 0.355 e. The van der Waals surface area contributed by atoms with E-state index < -0.39 is 10.0 Å². The SMILES string of the molecule is CNC(=O)c1cccc(-c2ccc(S(=O)(=O)N3CCCC3)cc2)c1. The quantitative estimate of drug-likeness (QED) is 0.927. The highest BCUT2D eigenvalue weighted by atomic mass is 32.2. The number of sulfonamides is 1. The Labute approximate surface area is 142 Å². The lowest BCUT2D eigenvalue weighted by atomic mass is 10.0. The van der Waals surface area contributed by atoms with Gasteiger partial charge in [0.15, 0.2) is 0 Å². The molecule has 0 bridgehead atoms. The van der Waals surface area contributed by atoms with Gasteiger partial charge in [-0.25, -0.2) is 8.42 Å². The fourth-order valence-corrected chi connectivity index (χ4v) is 4.40. The van der Waals surface area contributed by atoms with Crippen molar-refractivity contribution in [2.75, 3.05) is 20.1 Å². The monoisotopic (exact) mass is 344 g/mol. The van der Waals surface area contributed by atoms with Crippen molar-refractivity contribution in [1.29, 1.82) is 0 Å². The van der Waals surface area contributed by atoms with E-state index >= 15 is 0 Å². The molecule has 0 saturated carbocycles. The lowest BCUT2D eigenvalue weighted by Crippen LogP contribution is -2.27. The normalized spacial score (nSPS) is 15.4. The van der Waals surface area contributed by atoms with Crippen LogP contribution in [0.3, 0.4) is 0 Å². The van der Waals surface area contributed by atoms with Crippen LogP contribution in [0.5, 0.6) is 0 Å². The zero-order valence-corrected chi connectivity index (χ0v) is 14.3. The number of nitrogens with zero attached hydrogens (tertiary/aromatic N) is 1. The number of carbonyl (C=O) groups is 1. The molecule has 1 fully saturated rings. The second-order valence-electron chi connectivity index (χ2n) is 5.80. The zero-order valence-electron chi connectivity index (χ0n) is 13.5. The molecule has 1 aliphatic heterocycles. The maximum absolute atomic E-state index is 12.5. The highest BCUT2D eigenvalue weighted by Gasteiger charge is 2.26. The minimum absolute atomic E-state index is 0.148. The van der Waals surface area contributed by atoms with Crippen molar-refractivity contribution >= 4 is 15.9 Å². The van der Waals surface area contributed by atoms with E-state index in [-0.39, 0.29) is 5.91 Å². The summed E-state index contributed by atoms with van der Waals surface area (Å²) in [6, 6.07) is 14.1. The summed E-state index contributed by atoms with van der Waals surface area (Å²) in [5, 5.41) is 2.60. The fourth-order valence-electron chi connectivity index (χ4n) is 2.88. The molecule has 24 heavy (non-hydrogen) atoms. The third kappa shape index (κ3) is 3.20. The lowest BCUT2D eigenvalue weighted by molar-refractivity contribution is 0.0963. The number of carbonyl (C=O) groups excluding carboxylic acids is 1. The van der Waals surface area contributed by atoms with Crippen LogP contribution in [0, 0.1) is 0 Å². The number of hydrogen-bond acceptors (Lipinski definition) is 3. The van der Waals surface area contributed by atoms with Gasteiger partial charge in [0.05, 0.1) is 4.90 Å². The number of hydrogen-bond donors (Lipinski definition) is 1.